The summed E-state index contributed by atoms with van der Waals surface area (Å²) in [5.41, 5.74) is 9.09. The summed E-state index contributed by atoms with van der Waals surface area (Å²) in [6, 6.07) is 9.27. The molecule has 0 aliphatic carbocycles. The zero-order chi connectivity index (χ0) is 12.7. The SMILES string of the molecule is Cc1ccnc(-c2cc3cc(Cl)ccc3o2)c1N. The minimum Gasteiger partial charge on any atom is -0.454 e. The van der Waals surface area contributed by atoms with Gasteiger partial charge in [-0.1, -0.05) is 11.6 Å². The molecular weight excluding hydrogens is 248 g/mol. The fourth-order valence-corrected chi connectivity index (χ4v) is 2.08. The number of rotatable bonds is 1. The number of benzene rings is 1. The van der Waals surface area contributed by atoms with Crippen LogP contribution < -0.4 is 5.73 Å². The molecule has 3 nitrogen and oxygen atoms in total. The van der Waals surface area contributed by atoms with Crippen LogP contribution in [0.3, 0.4) is 0 Å². The molecule has 0 unspecified atom stereocenters. The highest BCUT2D eigenvalue weighted by Gasteiger charge is 2.11. The largest absolute Gasteiger partial charge is 0.454 e. The Balaban J connectivity index is 2.22. The summed E-state index contributed by atoms with van der Waals surface area (Å²) in [5, 5.41) is 1.63. The van der Waals surface area contributed by atoms with Crippen molar-refractivity contribution >= 4 is 28.3 Å². The highest BCUT2D eigenvalue weighted by atomic mass is 35.5. The monoisotopic (exact) mass is 258 g/mol. The third-order valence-corrected chi connectivity index (χ3v) is 3.15. The van der Waals surface area contributed by atoms with E-state index in [0.29, 0.717) is 22.2 Å². The summed E-state index contributed by atoms with van der Waals surface area (Å²) >= 11 is 5.95. The lowest BCUT2D eigenvalue weighted by Crippen LogP contribution is -1.95. The second-order valence-electron chi connectivity index (χ2n) is 4.18. The maximum absolute atomic E-state index is 6.02. The molecule has 0 spiro atoms. The van der Waals surface area contributed by atoms with Crippen LogP contribution >= 0.6 is 11.6 Å². The fraction of sp³-hybridized carbons (Fsp3) is 0.0714. The second kappa shape index (κ2) is 4.03. The molecule has 3 rings (SSSR count). The number of halogens is 1. The number of nitrogens with two attached hydrogens (primary N) is 1. The van der Waals surface area contributed by atoms with Gasteiger partial charge in [0.1, 0.15) is 11.3 Å². The Morgan fingerprint density at radius 2 is 2.06 bits per heavy atom. The van der Waals surface area contributed by atoms with Crippen LogP contribution in [0.15, 0.2) is 40.9 Å². The van der Waals surface area contributed by atoms with E-state index in [1.165, 1.54) is 0 Å². The molecule has 0 bridgehead atoms. The van der Waals surface area contributed by atoms with Crippen LogP contribution in [-0.4, -0.2) is 4.98 Å². The summed E-state index contributed by atoms with van der Waals surface area (Å²) in [4.78, 5) is 4.28. The quantitative estimate of drug-likeness (QED) is 0.717. The van der Waals surface area contributed by atoms with Gasteiger partial charge in [-0.15, -0.1) is 0 Å². The molecular formula is C14H11ClN2O. The lowest BCUT2D eigenvalue weighted by Gasteiger charge is -2.03. The molecule has 2 N–H and O–H groups in total. The molecule has 4 heteroatoms. The van der Waals surface area contributed by atoms with Crippen LogP contribution in [0.5, 0.6) is 0 Å². The topological polar surface area (TPSA) is 52.0 Å². The second-order valence-corrected chi connectivity index (χ2v) is 4.62. The maximum Gasteiger partial charge on any atom is 0.155 e. The Kier molecular flexibility index (Phi) is 2.49. The molecule has 0 aliphatic rings. The Labute approximate surface area is 109 Å². The molecule has 0 saturated heterocycles. The first kappa shape index (κ1) is 11.1. The van der Waals surface area contributed by atoms with Gasteiger partial charge in [0, 0.05) is 16.6 Å². The van der Waals surface area contributed by atoms with E-state index in [1.54, 1.807) is 12.3 Å². The summed E-state index contributed by atoms with van der Waals surface area (Å²) in [6.07, 6.45) is 1.72. The number of nitrogens with zero attached hydrogens (tertiary/aromatic N) is 1. The molecule has 0 fully saturated rings. The third kappa shape index (κ3) is 1.73. The molecule has 0 amide bonds. The van der Waals surface area contributed by atoms with Gasteiger partial charge < -0.3 is 10.2 Å². The molecule has 0 atom stereocenters. The smallest absolute Gasteiger partial charge is 0.155 e. The van der Waals surface area contributed by atoms with Crippen molar-refractivity contribution in [2.45, 2.75) is 6.92 Å². The number of fused-ring (bicyclic) bond motifs is 1. The van der Waals surface area contributed by atoms with Crippen LogP contribution in [0.4, 0.5) is 5.69 Å². The van der Waals surface area contributed by atoms with Crippen LogP contribution in [0.2, 0.25) is 5.02 Å². The van der Waals surface area contributed by atoms with Crippen molar-refractivity contribution in [1.82, 2.24) is 4.98 Å². The standard InChI is InChI=1S/C14H11ClN2O/c1-8-4-5-17-14(13(8)16)12-7-9-6-10(15)2-3-11(9)18-12/h2-7H,16H2,1H3. The van der Waals surface area contributed by atoms with E-state index in [-0.39, 0.29) is 0 Å². The van der Waals surface area contributed by atoms with E-state index in [0.717, 1.165) is 16.5 Å². The van der Waals surface area contributed by atoms with Gasteiger partial charge in [-0.3, -0.25) is 4.98 Å². The summed E-state index contributed by atoms with van der Waals surface area (Å²) in [5.74, 6) is 0.661. The lowest BCUT2D eigenvalue weighted by atomic mass is 10.1. The van der Waals surface area contributed by atoms with Crippen LogP contribution in [0.1, 0.15) is 5.56 Å². The maximum atomic E-state index is 6.02. The van der Waals surface area contributed by atoms with E-state index in [4.69, 9.17) is 21.8 Å². The summed E-state index contributed by atoms with van der Waals surface area (Å²) in [6.45, 7) is 1.94. The molecule has 0 aliphatic heterocycles. The highest BCUT2D eigenvalue weighted by Crippen LogP contribution is 2.32. The molecule has 1 aromatic carbocycles. The van der Waals surface area contributed by atoms with Gasteiger partial charge in [-0.05, 0) is 42.8 Å². The Morgan fingerprint density at radius 3 is 2.89 bits per heavy atom. The Hall–Kier alpha value is -2.00. The zero-order valence-corrected chi connectivity index (χ0v) is 10.5. The number of hydrogen-bond donors (Lipinski definition) is 1. The van der Waals surface area contributed by atoms with Gasteiger partial charge in [0.2, 0.25) is 0 Å². The summed E-state index contributed by atoms with van der Waals surface area (Å²) in [7, 11) is 0. The first-order chi connectivity index (χ1) is 8.65. The van der Waals surface area contributed by atoms with Crippen molar-refractivity contribution in [3.8, 4) is 11.5 Å². The number of aryl methyl sites for hydroxylation is 1. The van der Waals surface area contributed by atoms with Gasteiger partial charge in [-0.2, -0.15) is 0 Å². The average molecular weight is 259 g/mol. The lowest BCUT2D eigenvalue weighted by molar-refractivity contribution is 0.629. The third-order valence-electron chi connectivity index (χ3n) is 2.92. The number of hydrogen-bond acceptors (Lipinski definition) is 3. The van der Waals surface area contributed by atoms with Crippen LogP contribution in [-0.2, 0) is 0 Å². The highest BCUT2D eigenvalue weighted by molar-refractivity contribution is 6.31. The van der Waals surface area contributed by atoms with Crippen molar-refractivity contribution < 1.29 is 4.42 Å². The number of aromatic nitrogens is 1. The van der Waals surface area contributed by atoms with Crippen molar-refractivity contribution in [3.05, 3.63) is 47.1 Å². The van der Waals surface area contributed by atoms with Crippen LogP contribution in [0, 0.1) is 6.92 Å². The van der Waals surface area contributed by atoms with Crippen molar-refractivity contribution in [2.75, 3.05) is 5.73 Å². The van der Waals surface area contributed by atoms with Gasteiger partial charge in [0.15, 0.2) is 5.76 Å². The molecule has 0 saturated carbocycles. The van der Waals surface area contributed by atoms with Crippen molar-refractivity contribution in [1.29, 1.82) is 0 Å². The van der Waals surface area contributed by atoms with Gasteiger partial charge in [0.25, 0.3) is 0 Å². The first-order valence-electron chi connectivity index (χ1n) is 5.56. The number of anilines is 1. The molecule has 0 radical (unpaired) electrons. The summed E-state index contributed by atoms with van der Waals surface area (Å²) < 4.78 is 5.74. The first-order valence-corrected chi connectivity index (χ1v) is 5.93. The number of pyridine rings is 1. The minimum atomic E-state index is 0.641. The molecule has 3 aromatic rings. The van der Waals surface area contributed by atoms with Crippen LogP contribution in [0.25, 0.3) is 22.4 Å². The van der Waals surface area contributed by atoms with Gasteiger partial charge in [-0.25, -0.2) is 0 Å². The van der Waals surface area contributed by atoms with Gasteiger partial charge in [0.05, 0.1) is 5.69 Å². The molecule has 2 aromatic heterocycles. The van der Waals surface area contributed by atoms with E-state index < -0.39 is 0 Å². The van der Waals surface area contributed by atoms with Crippen molar-refractivity contribution in [3.63, 3.8) is 0 Å². The van der Waals surface area contributed by atoms with Crippen molar-refractivity contribution in [2.24, 2.45) is 0 Å². The van der Waals surface area contributed by atoms with E-state index in [1.807, 2.05) is 31.2 Å². The molecule has 18 heavy (non-hydrogen) atoms. The van der Waals surface area contributed by atoms with Gasteiger partial charge >= 0.3 is 0 Å². The molecule has 90 valence electrons. The minimum absolute atomic E-state index is 0.641. The number of nitrogen functional groups attached to an aromatic ring is 1. The fourth-order valence-electron chi connectivity index (χ4n) is 1.90. The molecule has 2 heterocycles. The Bertz CT molecular complexity index is 734. The van der Waals surface area contributed by atoms with E-state index in [2.05, 4.69) is 4.98 Å². The predicted octanol–water partition coefficient (Wildman–Crippen LogP) is 4.04. The zero-order valence-electron chi connectivity index (χ0n) is 9.77. The average Bonchev–Trinajstić information content (AvgIpc) is 2.75. The predicted molar refractivity (Wildman–Crippen MR) is 73.6 cm³/mol. The number of furan rings is 1. The normalized spacial score (nSPS) is 11.0. The van der Waals surface area contributed by atoms with E-state index >= 15 is 0 Å². The Morgan fingerprint density at radius 1 is 1.22 bits per heavy atom. The van der Waals surface area contributed by atoms with E-state index in [9.17, 15) is 0 Å².